The highest BCUT2D eigenvalue weighted by molar-refractivity contribution is 6.06. The van der Waals surface area contributed by atoms with Crippen molar-refractivity contribution in [1.82, 2.24) is 0 Å². The SMILES string of the molecule is CCCCCCCCCCCCOc1ccccc1C(=O)Nc1ccc(CCc2ccc(NC(=O)c3ccccc3OCCCCCCCCCCCC)cc2)cc1. The number of rotatable bonds is 31. The van der Waals surface area contributed by atoms with Crippen LogP contribution in [0, 0.1) is 0 Å². The molecular weight excluding hydrogens is 717 g/mol. The summed E-state index contributed by atoms with van der Waals surface area (Å²) in [7, 11) is 0. The zero-order chi connectivity index (χ0) is 40.9. The lowest BCUT2D eigenvalue weighted by Gasteiger charge is -2.12. The van der Waals surface area contributed by atoms with E-state index in [1.54, 1.807) is 0 Å². The first-order valence-electron chi connectivity index (χ1n) is 22.8. The third-order valence-corrected chi connectivity index (χ3v) is 10.9. The monoisotopic (exact) mass is 789 g/mol. The van der Waals surface area contributed by atoms with Gasteiger partial charge in [-0.3, -0.25) is 9.59 Å². The van der Waals surface area contributed by atoms with E-state index in [4.69, 9.17) is 9.47 Å². The minimum atomic E-state index is -0.168. The van der Waals surface area contributed by atoms with Crippen LogP contribution < -0.4 is 20.1 Å². The number of ether oxygens (including phenoxy) is 2. The van der Waals surface area contributed by atoms with Crippen molar-refractivity contribution in [1.29, 1.82) is 0 Å². The second kappa shape index (κ2) is 28.8. The molecule has 4 aromatic rings. The van der Waals surface area contributed by atoms with Crippen molar-refractivity contribution < 1.29 is 19.1 Å². The van der Waals surface area contributed by atoms with E-state index < -0.39 is 0 Å². The van der Waals surface area contributed by atoms with Crippen molar-refractivity contribution in [2.24, 2.45) is 0 Å². The summed E-state index contributed by atoms with van der Waals surface area (Å²) in [5, 5.41) is 6.09. The van der Waals surface area contributed by atoms with Crippen LogP contribution >= 0.6 is 0 Å². The predicted octanol–water partition coefficient (Wildman–Crippen LogP) is 14.6. The summed E-state index contributed by atoms with van der Waals surface area (Å²) < 4.78 is 12.1. The normalized spacial score (nSPS) is 11.0. The molecule has 6 nitrogen and oxygen atoms in total. The molecule has 4 rings (SSSR count). The first-order valence-corrected chi connectivity index (χ1v) is 22.8. The number of unbranched alkanes of at least 4 members (excludes halogenated alkanes) is 18. The highest BCUT2D eigenvalue weighted by Crippen LogP contribution is 2.23. The Morgan fingerprint density at radius 3 is 1.05 bits per heavy atom. The van der Waals surface area contributed by atoms with Crippen LogP contribution in [0.2, 0.25) is 0 Å². The van der Waals surface area contributed by atoms with Crippen LogP contribution in [0.5, 0.6) is 11.5 Å². The number of anilines is 2. The average Bonchev–Trinajstić information content (AvgIpc) is 3.25. The minimum absolute atomic E-state index is 0.168. The van der Waals surface area contributed by atoms with Gasteiger partial charge in [-0.25, -0.2) is 0 Å². The molecule has 0 saturated heterocycles. The maximum atomic E-state index is 13.2. The van der Waals surface area contributed by atoms with Gasteiger partial charge in [-0.2, -0.15) is 0 Å². The first-order chi connectivity index (χ1) is 28.6. The van der Waals surface area contributed by atoms with Crippen molar-refractivity contribution >= 4 is 23.2 Å². The summed E-state index contributed by atoms with van der Waals surface area (Å²) in [6.07, 6.45) is 27.3. The van der Waals surface area contributed by atoms with Crippen molar-refractivity contribution in [3.63, 3.8) is 0 Å². The molecule has 0 atom stereocenters. The van der Waals surface area contributed by atoms with E-state index in [1.165, 1.54) is 114 Å². The molecule has 0 aliphatic rings. The molecule has 0 heterocycles. The topological polar surface area (TPSA) is 76.7 Å². The molecule has 0 fully saturated rings. The van der Waals surface area contributed by atoms with Gasteiger partial charge in [0.15, 0.2) is 0 Å². The zero-order valence-corrected chi connectivity index (χ0v) is 35.8. The van der Waals surface area contributed by atoms with E-state index in [0.29, 0.717) is 35.8 Å². The molecule has 0 saturated carbocycles. The standard InChI is InChI=1S/C52H72N2O4/c1-3-5-7-9-11-13-15-17-19-25-41-57-49-29-23-21-27-47(49)51(55)53-45-37-33-43(34-38-45)31-32-44-35-39-46(40-36-44)54-52(56)48-28-22-24-30-50(48)58-42-26-20-18-16-14-12-10-8-6-4-2/h21-24,27-30,33-40H,3-20,25-26,31-32,41-42H2,1-2H3,(H,53,55)(H,54,56). The van der Waals surface area contributed by atoms with Crippen molar-refractivity contribution in [2.75, 3.05) is 23.8 Å². The number of nitrogens with one attached hydrogen (secondary N) is 2. The number of aryl methyl sites for hydroxylation is 2. The molecule has 0 aliphatic carbocycles. The smallest absolute Gasteiger partial charge is 0.259 e. The van der Waals surface area contributed by atoms with Crippen LogP contribution in [0.1, 0.15) is 174 Å². The summed E-state index contributed by atoms with van der Waals surface area (Å²) in [6, 6.07) is 31.1. The second-order valence-electron chi connectivity index (χ2n) is 15.9. The van der Waals surface area contributed by atoms with Gasteiger partial charge in [0.2, 0.25) is 0 Å². The highest BCUT2D eigenvalue weighted by atomic mass is 16.5. The average molecular weight is 789 g/mol. The van der Waals surface area contributed by atoms with E-state index >= 15 is 0 Å². The summed E-state index contributed by atoms with van der Waals surface area (Å²) in [5.41, 5.74) is 4.98. The Labute approximate surface area is 350 Å². The quantitative estimate of drug-likeness (QED) is 0.0498. The fourth-order valence-electron chi connectivity index (χ4n) is 7.30. The molecule has 314 valence electrons. The Hall–Kier alpha value is -4.58. The van der Waals surface area contributed by atoms with Crippen molar-refractivity contribution in [3.8, 4) is 11.5 Å². The molecule has 0 radical (unpaired) electrons. The van der Waals surface area contributed by atoms with Crippen LogP contribution in [0.15, 0.2) is 97.1 Å². The second-order valence-corrected chi connectivity index (χ2v) is 15.9. The van der Waals surface area contributed by atoms with Crippen LogP contribution in [0.25, 0.3) is 0 Å². The maximum absolute atomic E-state index is 13.2. The summed E-state index contributed by atoms with van der Waals surface area (Å²) in [4.78, 5) is 26.4. The number of carbonyl (C=O) groups excluding carboxylic acids is 2. The third-order valence-electron chi connectivity index (χ3n) is 10.9. The van der Waals surface area contributed by atoms with E-state index in [2.05, 4.69) is 48.7 Å². The first kappa shape index (κ1) is 46.1. The molecular formula is C52H72N2O4. The Bertz CT molecular complexity index is 1570. The molecule has 6 heteroatoms. The number of para-hydroxylation sites is 2. The fourth-order valence-corrected chi connectivity index (χ4v) is 7.30. The van der Waals surface area contributed by atoms with Gasteiger partial charge >= 0.3 is 0 Å². The molecule has 4 aromatic carbocycles. The van der Waals surface area contributed by atoms with Gasteiger partial charge < -0.3 is 20.1 Å². The van der Waals surface area contributed by atoms with E-state index in [-0.39, 0.29) is 11.8 Å². The van der Waals surface area contributed by atoms with Gasteiger partial charge in [0.1, 0.15) is 11.5 Å². The predicted molar refractivity (Wildman–Crippen MR) is 244 cm³/mol. The number of amides is 2. The molecule has 0 aliphatic heterocycles. The Morgan fingerprint density at radius 2 is 0.707 bits per heavy atom. The van der Waals surface area contributed by atoms with Gasteiger partial charge in [0.05, 0.1) is 24.3 Å². The maximum Gasteiger partial charge on any atom is 0.259 e. The minimum Gasteiger partial charge on any atom is -0.493 e. The van der Waals surface area contributed by atoms with Crippen LogP contribution in [-0.4, -0.2) is 25.0 Å². The molecule has 2 N–H and O–H groups in total. The molecule has 0 spiro atoms. The highest BCUT2D eigenvalue weighted by Gasteiger charge is 2.14. The van der Waals surface area contributed by atoms with Crippen molar-refractivity contribution in [2.45, 2.75) is 155 Å². The Morgan fingerprint density at radius 1 is 0.397 bits per heavy atom. The van der Waals surface area contributed by atoms with Crippen LogP contribution in [0.3, 0.4) is 0 Å². The number of benzene rings is 4. The summed E-state index contributed by atoms with van der Waals surface area (Å²) in [6.45, 7) is 5.77. The lowest BCUT2D eigenvalue weighted by Crippen LogP contribution is -2.14. The Balaban J connectivity index is 1.13. The van der Waals surface area contributed by atoms with E-state index in [0.717, 1.165) is 49.9 Å². The molecule has 0 aromatic heterocycles. The lowest BCUT2D eigenvalue weighted by molar-refractivity contribution is 0.101. The van der Waals surface area contributed by atoms with Gasteiger partial charge in [-0.15, -0.1) is 0 Å². The largest absolute Gasteiger partial charge is 0.493 e. The molecule has 58 heavy (non-hydrogen) atoms. The molecule has 0 unspecified atom stereocenters. The van der Waals surface area contributed by atoms with Gasteiger partial charge in [-0.1, -0.05) is 178 Å². The Kier molecular flexibility index (Phi) is 22.9. The van der Waals surface area contributed by atoms with Gasteiger partial charge in [0, 0.05) is 11.4 Å². The lowest BCUT2D eigenvalue weighted by atomic mass is 10.0. The third kappa shape index (κ3) is 18.3. The molecule has 0 bridgehead atoms. The fraction of sp³-hybridized carbons (Fsp3) is 0.500. The van der Waals surface area contributed by atoms with Crippen molar-refractivity contribution in [3.05, 3.63) is 119 Å². The number of carbonyl (C=O) groups is 2. The summed E-state index contributed by atoms with van der Waals surface area (Å²) in [5.74, 6) is 0.927. The number of hydrogen-bond acceptors (Lipinski definition) is 4. The number of hydrogen-bond donors (Lipinski definition) is 2. The molecule has 2 amide bonds. The van der Waals surface area contributed by atoms with E-state index in [9.17, 15) is 9.59 Å². The summed E-state index contributed by atoms with van der Waals surface area (Å²) >= 11 is 0. The van der Waals surface area contributed by atoms with Crippen LogP contribution in [0.4, 0.5) is 11.4 Å². The van der Waals surface area contributed by atoms with Crippen LogP contribution in [-0.2, 0) is 12.8 Å². The van der Waals surface area contributed by atoms with Gasteiger partial charge in [0.25, 0.3) is 11.8 Å². The zero-order valence-electron chi connectivity index (χ0n) is 35.8. The van der Waals surface area contributed by atoms with E-state index in [1.807, 2.05) is 72.8 Å². The van der Waals surface area contributed by atoms with Gasteiger partial charge in [-0.05, 0) is 85.3 Å².